The number of thioether (sulfide) groups is 1. The summed E-state index contributed by atoms with van der Waals surface area (Å²) in [7, 11) is 0. The van der Waals surface area contributed by atoms with Crippen molar-refractivity contribution in [3.05, 3.63) is 34.6 Å². The van der Waals surface area contributed by atoms with Crippen LogP contribution in [0.2, 0.25) is 0 Å². The summed E-state index contributed by atoms with van der Waals surface area (Å²) in [5.41, 5.74) is 0.600. The second-order valence-corrected chi connectivity index (χ2v) is 6.63. The van der Waals surface area contributed by atoms with E-state index in [0.717, 1.165) is 0 Å². The minimum atomic E-state index is -0.0626. The lowest BCUT2D eigenvalue weighted by Crippen LogP contribution is -2.32. The van der Waals surface area contributed by atoms with Crippen LogP contribution in [0.3, 0.4) is 0 Å². The van der Waals surface area contributed by atoms with Crippen LogP contribution in [0.1, 0.15) is 33.7 Å². The van der Waals surface area contributed by atoms with Gasteiger partial charge in [0.05, 0.1) is 16.7 Å². The maximum absolute atomic E-state index is 12.6. The number of aromatic nitrogens is 2. The van der Waals surface area contributed by atoms with Crippen LogP contribution in [-0.2, 0) is 4.79 Å². The summed E-state index contributed by atoms with van der Waals surface area (Å²) in [5, 5.41) is 4.02. The Hall–Kier alpha value is -1.82. The number of fused-ring (bicyclic) bond motifs is 1. The van der Waals surface area contributed by atoms with Crippen molar-refractivity contribution in [1.29, 1.82) is 0 Å². The van der Waals surface area contributed by atoms with Crippen molar-refractivity contribution in [3.63, 3.8) is 0 Å². The Bertz CT molecular complexity index is 738. The highest BCUT2D eigenvalue weighted by Gasteiger charge is 2.15. The topological polar surface area (TPSA) is 64.0 Å². The SMILES string of the molecule is CC(C)NC(=O)CSc1nc2ccccc2c(=O)n1C(C)C. The smallest absolute Gasteiger partial charge is 0.262 e. The molecule has 1 aromatic heterocycles. The van der Waals surface area contributed by atoms with Gasteiger partial charge in [0.1, 0.15) is 0 Å². The van der Waals surface area contributed by atoms with Gasteiger partial charge in [-0.25, -0.2) is 4.98 Å². The van der Waals surface area contributed by atoms with Crippen LogP contribution < -0.4 is 10.9 Å². The molecule has 1 aromatic carbocycles. The summed E-state index contributed by atoms with van der Waals surface area (Å²) in [6.07, 6.45) is 0. The maximum atomic E-state index is 12.6. The Balaban J connectivity index is 2.37. The lowest BCUT2D eigenvalue weighted by atomic mass is 10.2. The zero-order valence-electron chi connectivity index (χ0n) is 13.3. The zero-order chi connectivity index (χ0) is 16.3. The summed E-state index contributed by atoms with van der Waals surface area (Å²) in [5.74, 6) is 0.188. The molecule has 118 valence electrons. The minimum Gasteiger partial charge on any atom is -0.353 e. The summed E-state index contributed by atoms with van der Waals surface area (Å²) in [4.78, 5) is 29.0. The largest absolute Gasteiger partial charge is 0.353 e. The molecule has 0 spiro atoms. The first-order valence-electron chi connectivity index (χ1n) is 7.33. The molecule has 1 N–H and O–H groups in total. The molecule has 2 rings (SSSR count). The Morgan fingerprint density at radius 1 is 1.27 bits per heavy atom. The van der Waals surface area contributed by atoms with E-state index in [-0.39, 0.29) is 29.3 Å². The number of carbonyl (C=O) groups excluding carboxylic acids is 1. The van der Waals surface area contributed by atoms with Crippen LogP contribution in [-0.4, -0.2) is 27.3 Å². The summed E-state index contributed by atoms with van der Waals surface area (Å²) < 4.78 is 1.65. The summed E-state index contributed by atoms with van der Waals surface area (Å²) >= 11 is 1.29. The van der Waals surface area contributed by atoms with Gasteiger partial charge >= 0.3 is 0 Å². The zero-order valence-corrected chi connectivity index (χ0v) is 14.1. The molecule has 0 radical (unpaired) electrons. The Kier molecular flexibility index (Phi) is 5.24. The molecule has 2 aromatic rings. The first kappa shape index (κ1) is 16.5. The first-order chi connectivity index (χ1) is 10.4. The van der Waals surface area contributed by atoms with Crippen LogP contribution in [0.25, 0.3) is 10.9 Å². The van der Waals surface area contributed by atoms with Gasteiger partial charge in [-0.05, 0) is 39.8 Å². The van der Waals surface area contributed by atoms with Gasteiger partial charge in [0.2, 0.25) is 5.91 Å². The summed E-state index contributed by atoms with van der Waals surface area (Å²) in [6.45, 7) is 7.72. The van der Waals surface area contributed by atoms with Gasteiger partial charge in [-0.1, -0.05) is 23.9 Å². The first-order valence-corrected chi connectivity index (χ1v) is 8.32. The number of para-hydroxylation sites is 1. The lowest BCUT2D eigenvalue weighted by Gasteiger charge is -2.16. The van der Waals surface area contributed by atoms with Crippen LogP contribution >= 0.6 is 11.8 Å². The molecule has 0 unspecified atom stereocenters. The standard InChI is InChI=1S/C16H21N3O2S/c1-10(2)17-14(20)9-22-16-18-13-8-6-5-7-12(13)15(21)19(16)11(3)4/h5-8,10-11H,9H2,1-4H3,(H,17,20). The number of rotatable bonds is 5. The molecule has 1 heterocycles. The fourth-order valence-electron chi connectivity index (χ4n) is 2.18. The van der Waals surface area contributed by atoms with E-state index in [1.54, 1.807) is 10.6 Å². The van der Waals surface area contributed by atoms with E-state index in [1.807, 2.05) is 45.9 Å². The van der Waals surface area contributed by atoms with E-state index < -0.39 is 0 Å². The quantitative estimate of drug-likeness (QED) is 0.679. The van der Waals surface area contributed by atoms with E-state index in [0.29, 0.717) is 16.1 Å². The van der Waals surface area contributed by atoms with E-state index in [2.05, 4.69) is 10.3 Å². The molecular formula is C16H21N3O2S. The average molecular weight is 319 g/mol. The van der Waals surface area contributed by atoms with Gasteiger partial charge in [0.25, 0.3) is 5.56 Å². The minimum absolute atomic E-state index is 0.0136. The Morgan fingerprint density at radius 3 is 2.59 bits per heavy atom. The van der Waals surface area contributed by atoms with Crippen molar-refractivity contribution in [1.82, 2.24) is 14.9 Å². The molecule has 22 heavy (non-hydrogen) atoms. The van der Waals surface area contributed by atoms with Crippen molar-refractivity contribution in [2.24, 2.45) is 0 Å². The Morgan fingerprint density at radius 2 is 1.95 bits per heavy atom. The molecule has 0 saturated heterocycles. The predicted molar refractivity (Wildman–Crippen MR) is 90.4 cm³/mol. The number of hydrogen-bond acceptors (Lipinski definition) is 4. The van der Waals surface area contributed by atoms with Gasteiger partial charge in [-0.3, -0.25) is 14.2 Å². The van der Waals surface area contributed by atoms with Crippen molar-refractivity contribution < 1.29 is 4.79 Å². The van der Waals surface area contributed by atoms with Gasteiger partial charge in [0, 0.05) is 12.1 Å². The van der Waals surface area contributed by atoms with Gasteiger partial charge in [0.15, 0.2) is 5.16 Å². The molecular weight excluding hydrogens is 298 g/mol. The second-order valence-electron chi connectivity index (χ2n) is 5.69. The number of nitrogens with zero attached hydrogens (tertiary/aromatic N) is 2. The van der Waals surface area contributed by atoms with Crippen LogP contribution in [0, 0.1) is 0 Å². The van der Waals surface area contributed by atoms with Gasteiger partial charge < -0.3 is 5.32 Å². The van der Waals surface area contributed by atoms with Crippen molar-refractivity contribution in [2.75, 3.05) is 5.75 Å². The van der Waals surface area contributed by atoms with Gasteiger partial charge in [-0.15, -0.1) is 0 Å². The van der Waals surface area contributed by atoms with Crippen molar-refractivity contribution in [3.8, 4) is 0 Å². The van der Waals surface area contributed by atoms with E-state index in [4.69, 9.17) is 0 Å². The van der Waals surface area contributed by atoms with E-state index in [1.165, 1.54) is 11.8 Å². The highest BCUT2D eigenvalue weighted by Crippen LogP contribution is 2.20. The fourth-order valence-corrected chi connectivity index (χ4v) is 3.12. The highest BCUT2D eigenvalue weighted by atomic mass is 32.2. The third-order valence-corrected chi connectivity index (χ3v) is 4.03. The number of nitrogens with one attached hydrogen (secondary N) is 1. The van der Waals surface area contributed by atoms with Crippen LogP contribution in [0.15, 0.2) is 34.2 Å². The summed E-state index contributed by atoms with van der Waals surface area (Å²) in [6, 6.07) is 7.38. The molecule has 0 aliphatic heterocycles. The van der Waals surface area contributed by atoms with Crippen molar-refractivity contribution in [2.45, 2.75) is 44.9 Å². The molecule has 1 amide bonds. The van der Waals surface area contributed by atoms with Gasteiger partial charge in [-0.2, -0.15) is 0 Å². The molecule has 5 nitrogen and oxygen atoms in total. The predicted octanol–water partition coefficient (Wildman–Crippen LogP) is 2.59. The molecule has 0 fully saturated rings. The average Bonchev–Trinajstić information content (AvgIpc) is 2.44. The van der Waals surface area contributed by atoms with Crippen molar-refractivity contribution >= 4 is 28.6 Å². The molecule has 0 saturated carbocycles. The third kappa shape index (κ3) is 3.68. The second kappa shape index (κ2) is 6.96. The normalized spacial score (nSPS) is 11.4. The van der Waals surface area contributed by atoms with E-state index in [9.17, 15) is 9.59 Å². The number of amides is 1. The molecule has 0 atom stereocenters. The Labute approximate surface area is 134 Å². The maximum Gasteiger partial charge on any atom is 0.262 e. The molecule has 0 bridgehead atoms. The molecule has 0 aliphatic rings. The molecule has 0 aliphatic carbocycles. The highest BCUT2D eigenvalue weighted by molar-refractivity contribution is 7.99. The van der Waals surface area contributed by atoms with Crippen LogP contribution in [0.5, 0.6) is 0 Å². The van der Waals surface area contributed by atoms with E-state index >= 15 is 0 Å². The van der Waals surface area contributed by atoms with Crippen LogP contribution in [0.4, 0.5) is 0 Å². The monoisotopic (exact) mass is 319 g/mol. The molecule has 6 heteroatoms. The number of carbonyl (C=O) groups is 1. The fraction of sp³-hybridized carbons (Fsp3) is 0.438. The lowest BCUT2D eigenvalue weighted by molar-refractivity contribution is -0.119. The number of benzene rings is 1. The third-order valence-electron chi connectivity index (χ3n) is 3.07. The number of hydrogen-bond donors (Lipinski definition) is 1.